The topological polar surface area (TPSA) is 45.2 Å². The summed E-state index contributed by atoms with van der Waals surface area (Å²) in [6.07, 6.45) is 0.0486. The molecule has 1 fully saturated rings. The van der Waals surface area contributed by atoms with Gasteiger partial charge in [-0.1, -0.05) is 23.7 Å². The van der Waals surface area contributed by atoms with Crippen LogP contribution in [0.5, 0.6) is 0 Å². The molecule has 0 radical (unpaired) electrons. The molecule has 0 saturated carbocycles. The number of hydrogen-bond donors (Lipinski definition) is 0. The summed E-state index contributed by atoms with van der Waals surface area (Å²) in [6.45, 7) is 1.07. The maximum absolute atomic E-state index is 14.3. The standard InChI is InChI=1S/C18H14ClFN2O2/c19-11-5-6-16-14(7-11)18(13-3-1-2-4-15(13)20)21-8-17(23)22(16)9-12-10-24-12/h1-7,12H,8-10H2. The first-order valence-corrected chi connectivity index (χ1v) is 8.02. The lowest BCUT2D eigenvalue weighted by Crippen LogP contribution is -2.35. The van der Waals surface area contributed by atoms with E-state index in [2.05, 4.69) is 4.99 Å². The van der Waals surface area contributed by atoms with Crippen LogP contribution in [-0.4, -0.2) is 37.4 Å². The van der Waals surface area contributed by atoms with Gasteiger partial charge in [0.05, 0.1) is 30.7 Å². The molecule has 0 bridgehead atoms. The zero-order chi connectivity index (χ0) is 16.7. The van der Waals surface area contributed by atoms with Crippen LogP contribution in [0.3, 0.4) is 0 Å². The van der Waals surface area contributed by atoms with Crippen molar-refractivity contribution < 1.29 is 13.9 Å². The fraction of sp³-hybridized carbons (Fsp3) is 0.222. The van der Waals surface area contributed by atoms with Gasteiger partial charge in [-0.2, -0.15) is 0 Å². The lowest BCUT2D eigenvalue weighted by atomic mass is 9.99. The summed E-state index contributed by atoms with van der Waals surface area (Å²) in [5.74, 6) is -0.519. The van der Waals surface area contributed by atoms with Crippen LogP contribution in [0.15, 0.2) is 47.5 Å². The van der Waals surface area contributed by atoms with Crippen molar-refractivity contribution in [3.63, 3.8) is 0 Å². The molecule has 1 unspecified atom stereocenters. The summed E-state index contributed by atoms with van der Waals surface area (Å²) < 4.78 is 19.5. The van der Waals surface area contributed by atoms with Crippen molar-refractivity contribution in [2.75, 3.05) is 24.6 Å². The Hall–Kier alpha value is -2.24. The molecule has 0 spiro atoms. The van der Waals surface area contributed by atoms with Gasteiger partial charge in [0.1, 0.15) is 12.4 Å². The quantitative estimate of drug-likeness (QED) is 0.803. The molecule has 2 aromatic carbocycles. The number of aliphatic imine (C=N–C) groups is 1. The van der Waals surface area contributed by atoms with Crippen molar-refractivity contribution in [3.8, 4) is 0 Å². The van der Waals surface area contributed by atoms with E-state index in [-0.39, 0.29) is 24.4 Å². The molecule has 1 saturated heterocycles. The van der Waals surface area contributed by atoms with Gasteiger partial charge in [-0.05, 0) is 30.3 Å². The summed E-state index contributed by atoms with van der Waals surface area (Å²) in [4.78, 5) is 18.6. The van der Waals surface area contributed by atoms with Gasteiger partial charge in [-0.3, -0.25) is 9.79 Å². The summed E-state index contributed by atoms with van der Waals surface area (Å²) >= 11 is 6.15. The number of carbonyl (C=O) groups excluding carboxylic acids is 1. The molecule has 2 aliphatic heterocycles. The van der Waals surface area contributed by atoms with E-state index in [9.17, 15) is 9.18 Å². The van der Waals surface area contributed by atoms with E-state index in [0.29, 0.717) is 40.7 Å². The Morgan fingerprint density at radius 1 is 1.25 bits per heavy atom. The second-order valence-corrected chi connectivity index (χ2v) is 6.20. The van der Waals surface area contributed by atoms with Crippen molar-refractivity contribution in [1.29, 1.82) is 0 Å². The van der Waals surface area contributed by atoms with Crippen LogP contribution >= 0.6 is 11.6 Å². The summed E-state index contributed by atoms with van der Waals surface area (Å²) in [5, 5.41) is 0.509. The smallest absolute Gasteiger partial charge is 0.248 e. The van der Waals surface area contributed by atoms with Crippen LogP contribution in [-0.2, 0) is 9.53 Å². The molecule has 0 aliphatic carbocycles. The molecule has 1 amide bonds. The highest BCUT2D eigenvalue weighted by molar-refractivity contribution is 6.32. The number of rotatable bonds is 3. The third-order valence-corrected chi connectivity index (χ3v) is 4.33. The van der Waals surface area contributed by atoms with Gasteiger partial charge < -0.3 is 9.64 Å². The van der Waals surface area contributed by atoms with Crippen molar-refractivity contribution in [2.24, 2.45) is 4.99 Å². The number of epoxide rings is 1. The fourth-order valence-corrected chi connectivity index (χ4v) is 3.02. The number of nitrogens with zero attached hydrogens (tertiary/aromatic N) is 2. The van der Waals surface area contributed by atoms with Crippen LogP contribution in [0, 0.1) is 5.82 Å². The van der Waals surface area contributed by atoms with Gasteiger partial charge in [0, 0.05) is 16.1 Å². The number of benzodiazepines with no additional fused rings is 1. The minimum Gasteiger partial charge on any atom is -0.371 e. The number of carbonyl (C=O) groups is 1. The molecule has 0 N–H and O–H groups in total. The van der Waals surface area contributed by atoms with Crippen molar-refractivity contribution in [1.82, 2.24) is 0 Å². The van der Waals surface area contributed by atoms with Crippen LogP contribution < -0.4 is 4.90 Å². The van der Waals surface area contributed by atoms with E-state index < -0.39 is 0 Å². The monoisotopic (exact) mass is 344 g/mol. The van der Waals surface area contributed by atoms with Crippen LogP contribution in [0.1, 0.15) is 11.1 Å². The van der Waals surface area contributed by atoms with Gasteiger partial charge >= 0.3 is 0 Å². The summed E-state index contributed by atoms with van der Waals surface area (Å²) in [5.41, 5.74) is 2.13. The predicted octanol–water partition coefficient (Wildman–Crippen LogP) is 3.06. The van der Waals surface area contributed by atoms with Crippen LogP contribution in [0.2, 0.25) is 5.02 Å². The number of fused-ring (bicyclic) bond motifs is 1. The molecule has 2 heterocycles. The Kier molecular flexibility index (Phi) is 3.82. The Balaban J connectivity index is 1.87. The number of anilines is 1. The van der Waals surface area contributed by atoms with E-state index in [1.807, 2.05) is 0 Å². The van der Waals surface area contributed by atoms with Gasteiger partial charge in [0.15, 0.2) is 0 Å². The predicted molar refractivity (Wildman–Crippen MR) is 90.5 cm³/mol. The van der Waals surface area contributed by atoms with E-state index >= 15 is 0 Å². The molecule has 4 nitrogen and oxygen atoms in total. The largest absolute Gasteiger partial charge is 0.371 e. The first-order valence-electron chi connectivity index (χ1n) is 7.65. The molecular weight excluding hydrogens is 331 g/mol. The fourth-order valence-electron chi connectivity index (χ4n) is 2.85. The summed E-state index contributed by atoms with van der Waals surface area (Å²) in [6, 6.07) is 11.6. The summed E-state index contributed by atoms with van der Waals surface area (Å²) in [7, 11) is 0. The number of ether oxygens (including phenoxy) is 1. The maximum Gasteiger partial charge on any atom is 0.248 e. The number of amides is 1. The molecule has 24 heavy (non-hydrogen) atoms. The van der Waals surface area contributed by atoms with Crippen molar-refractivity contribution >= 4 is 28.9 Å². The second-order valence-electron chi connectivity index (χ2n) is 5.77. The number of benzene rings is 2. The highest BCUT2D eigenvalue weighted by atomic mass is 35.5. The van der Waals surface area contributed by atoms with E-state index in [4.69, 9.17) is 16.3 Å². The lowest BCUT2D eigenvalue weighted by molar-refractivity contribution is -0.117. The van der Waals surface area contributed by atoms with Crippen LogP contribution in [0.4, 0.5) is 10.1 Å². The molecule has 6 heteroatoms. The normalized spacial score (nSPS) is 19.6. The Morgan fingerprint density at radius 3 is 2.79 bits per heavy atom. The highest BCUT2D eigenvalue weighted by Crippen LogP contribution is 2.31. The molecule has 4 rings (SSSR count). The average Bonchev–Trinajstić information content (AvgIpc) is 3.39. The van der Waals surface area contributed by atoms with E-state index in [0.717, 1.165) is 0 Å². The van der Waals surface area contributed by atoms with Gasteiger partial charge in [0.2, 0.25) is 5.91 Å². The Morgan fingerprint density at radius 2 is 2.04 bits per heavy atom. The third-order valence-electron chi connectivity index (χ3n) is 4.10. The molecule has 122 valence electrons. The first kappa shape index (κ1) is 15.3. The number of halogens is 2. The molecule has 0 aromatic heterocycles. The maximum atomic E-state index is 14.3. The molecular formula is C18H14ClFN2O2. The third kappa shape index (κ3) is 2.81. The van der Waals surface area contributed by atoms with E-state index in [1.54, 1.807) is 41.3 Å². The van der Waals surface area contributed by atoms with E-state index in [1.165, 1.54) is 6.07 Å². The minimum absolute atomic E-state index is 0.0390. The average molecular weight is 345 g/mol. The van der Waals surface area contributed by atoms with Crippen LogP contribution in [0.25, 0.3) is 0 Å². The Bertz CT molecular complexity index is 849. The first-order chi connectivity index (χ1) is 11.6. The SMILES string of the molecule is O=C1CN=C(c2ccccc2F)c2cc(Cl)ccc2N1CC1CO1. The second kappa shape index (κ2) is 6.00. The zero-order valence-electron chi connectivity index (χ0n) is 12.7. The van der Waals surface area contributed by atoms with Gasteiger partial charge in [-0.25, -0.2) is 4.39 Å². The highest BCUT2D eigenvalue weighted by Gasteiger charge is 2.32. The van der Waals surface area contributed by atoms with Gasteiger partial charge in [-0.15, -0.1) is 0 Å². The minimum atomic E-state index is -0.381. The van der Waals surface area contributed by atoms with Gasteiger partial charge in [0.25, 0.3) is 0 Å². The van der Waals surface area contributed by atoms with Crippen molar-refractivity contribution in [3.05, 3.63) is 64.4 Å². The lowest BCUT2D eigenvalue weighted by Gasteiger charge is -2.22. The Labute approximate surface area is 143 Å². The molecule has 1 atom stereocenters. The zero-order valence-corrected chi connectivity index (χ0v) is 13.5. The molecule has 2 aliphatic rings. The van der Waals surface area contributed by atoms with Crippen molar-refractivity contribution in [2.45, 2.75) is 6.10 Å². The molecule has 2 aromatic rings. The number of hydrogen-bond acceptors (Lipinski definition) is 3.